The molecule has 0 saturated heterocycles. The molecule has 0 aliphatic rings. The van der Waals surface area contributed by atoms with E-state index in [1.54, 1.807) is 0 Å². The van der Waals surface area contributed by atoms with Crippen LogP contribution in [0.3, 0.4) is 0 Å². The second-order valence-electron chi connectivity index (χ2n) is 5.54. The van der Waals surface area contributed by atoms with E-state index in [-0.39, 0.29) is 0 Å². The average Bonchev–Trinajstić information content (AvgIpc) is 2.15. The van der Waals surface area contributed by atoms with Gasteiger partial charge in [-0.05, 0) is 19.3 Å². The summed E-state index contributed by atoms with van der Waals surface area (Å²) >= 11 is 0. The zero-order chi connectivity index (χ0) is 11.7. The van der Waals surface area contributed by atoms with Crippen molar-refractivity contribution in [1.29, 1.82) is 0 Å². The molecule has 0 bridgehead atoms. The smallest absolute Gasteiger partial charge is 0.0445 e. The highest BCUT2D eigenvalue weighted by Gasteiger charge is 2.12. The van der Waals surface area contributed by atoms with E-state index in [2.05, 4.69) is 39.2 Å². The van der Waals surface area contributed by atoms with Crippen molar-refractivity contribution in [2.45, 2.75) is 64.7 Å². The lowest BCUT2D eigenvalue weighted by molar-refractivity contribution is 0.727. The number of unbranched alkanes of at least 4 members (excludes halogenated alkanes) is 3. The molecule has 1 heteroatoms. The van der Waals surface area contributed by atoms with E-state index in [0.717, 1.165) is 0 Å². The van der Waals surface area contributed by atoms with Crippen molar-refractivity contribution < 1.29 is 0 Å². The molecule has 0 rings (SSSR count). The van der Waals surface area contributed by atoms with Gasteiger partial charge in [0.2, 0.25) is 0 Å². The Balaban J connectivity index is 3.86. The fourth-order valence-corrected chi connectivity index (χ4v) is 2.53. The molecule has 0 unspecified atom stereocenters. The molecule has 0 aliphatic carbocycles. The lowest BCUT2D eigenvalue weighted by Crippen LogP contribution is -2.18. The van der Waals surface area contributed by atoms with Crippen LogP contribution < -0.4 is 0 Å². The van der Waals surface area contributed by atoms with E-state index in [9.17, 15) is 0 Å². The average molecular weight is 224 g/mol. The van der Waals surface area contributed by atoms with Gasteiger partial charge in [-0.25, -0.2) is 0 Å². The predicted molar refractivity (Wildman–Crippen MR) is 75.2 cm³/mol. The Morgan fingerprint density at radius 2 is 1.87 bits per heavy atom. The quantitative estimate of drug-likeness (QED) is 0.294. The first-order valence-corrected chi connectivity index (χ1v) is 10.0. The molecule has 0 aromatic heterocycles. The Bertz CT molecular complexity index is 196. The maximum Gasteiger partial charge on any atom is 0.0445 e. The normalized spacial score (nSPS) is 12.9. The van der Waals surface area contributed by atoms with Crippen LogP contribution >= 0.6 is 0 Å². The highest BCUT2D eigenvalue weighted by Crippen LogP contribution is 2.17. The molecule has 0 aromatic rings. The third kappa shape index (κ3) is 9.99. The van der Waals surface area contributed by atoms with Crippen LogP contribution in [0.4, 0.5) is 0 Å². The number of allylic oxidation sites excluding steroid dienone is 3. The van der Waals surface area contributed by atoms with Gasteiger partial charge in [0.25, 0.3) is 0 Å². The van der Waals surface area contributed by atoms with Crippen molar-refractivity contribution in [3.05, 3.63) is 24.3 Å². The molecule has 0 amide bonds. The lowest BCUT2D eigenvalue weighted by atomic mass is 10.1. The highest BCUT2D eigenvalue weighted by molar-refractivity contribution is 6.76. The van der Waals surface area contributed by atoms with Crippen LogP contribution in [0.25, 0.3) is 0 Å². The first kappa shape index (κ1) is 14.7. The van der Waals surface area contributed by atoms with E-state index in [4.69, 9.17) is 0 Å². The Morgan fingerprint density at radius 1 is 1.20 bits per heavy atom. The van der Waals surface area contributed by atoms with Gasteiger partial charge in [0.1, 0.15) is 0 Å². The first-order valence-electron chi connectivity index (χ1n) is 6.31. The van der Waals surface area contributed by atoms with Gasteiger partial charge in [0.15, 0.2) is 0 Å². The fourth-order valence-electron chi connectivity index (χ4n) is 1.49. The summed E-state index contributed by atoms with van der Waals surface area (Å²) in [5, 5.41) is 0. The molecule has 0 heterocycles. The van der Waals surface area contributed by atoms with Crippen LogP contribution in [0.1, 0.15) is 39.0 Å². The fraction of sp³-hybridized carbons (Fsp3) is 0.714. The first-order chi connectivity index (χ1) is 6.99. The SMILES string of the molecule is C=C/C(=C\CCCCC)CC[Si](C)(C)C. The van der Waals surface area contributed by atoms with Gasteiger partial charge < -0.3 is 0 Å². The van der Waals surface area contributed by atoms with Crippen molar-refractivity contribution in [3.63, 3.8) is 0 Å². The van der Waals surface area contributed by atoms with Crippen LogP contribution in [0, 0.1) is 0 Å². The van der Waals surface area contributed by atoms with Crippen LogP contribution in [0.15, 0.2) is 24.3 Å². The highest BCUT2D eigenvalue weighted by atomic mass is 28.3. The van der Waals surface area contributed by atoms with Crippen LogP contribution in [0.2, 0.25) is 25.7 Å². The monoisotopic (exact) mass is 224 g/mol. The molecule has 0 spiro atoms. The molecule has 0 atom stereocenters. The third-order valence-corrected chi connectivity index (χ3v) is 4.39. The molecular weight excluding hydrogens is 196 g/mol. The van der Waals surface area contributed by atoms with Crippen molar-refractivity contribution >= 4 is 8.07 Å². The molecule has 0 nitrogen and oxygen atoms in total. The summed E-state index contributed by atoms with van der Waals surface area (Å²) in [6.07, 6.45) is 10.9. The van der Waals surface area contributed by atoms with Crippen LogP contribution in [-0.4, -0.2) is 8.07 Å². The molecule has 0 fully saturated rings. The van der Waals surface area contributed by atoms with Crippen molar-refractivity contribution in [1.82, 2.24) is 0 Å². The molecule has 0 aromatic carbocycles. The molecule has 0 aliphatic heterocycles. The minimum atomic E-state index is -0.879. The summed E-state index contributed by atoms with van der Waals surface area (Å²) in [7, 11) is -0.879. The zero-order valence-electron chi connectivity index (χ0n) is 11.1. The summed E-state index contributed by atoms with van der Waals surface area (Å²) in [6.45, 7) is 13.5. The second kappa shape index (κ2) is 7.92. The van der Waals surface area contributed by atoms with Crippen molar-refractivity contribution in [3.8, 4) is 0 Å². The molecular formula is C14H28Si. The van der Waals surface area contributed by atoms with E-state index in [1.807, 2.05) is 6.08 Å². The maximum atomic E-state index is 3.91. The summed E-state index contributed by atoms with van der Waals surface area (Å²) < 4.78 is 0. The van der Waals surface area contributed by atoms with Crippen molar-refractivity contribution in [2.75, 3.05) is 0 Å². The summed E-state index contributed by atoms with van der Waals surface area (Å²) in [4.78, 5) is 0. The molecule has 15 heavy (non-hydrogen) atoms. The van der Waals surface area contributed by atoms with Gasteiger partial charge in [0.05, 0.1) is 0 Å². The topological polar surface area (TPSA) is 0 Å². The minimum absolute atomic E-state index is 0.879. The number of hydrogen-bond donors (Lipinski definition) is 0. The van der Waals surface area contributed by atoms with E-state index in [1.165, 1.54) is 43.7 Å². The zero-order valence-corrected chi connectivity index (χ0v) is 12.1. The second-order valence-corrected chi connectivity index (χ2v) is 11.2. The van der Waals surface area contributed by atoms with Gasteiger partial charge in [-0.3, -0.25) is 0 Å². The Morgan fingerprint density at radius 3 is 2.33 bits per heavy atom. The van der Waals surface area contributed by atoms with Crippen LogP contribution in [0.5, 0.6) is 0 Å². The third-order valence-electron chi connectivity index (χ3n) is 2.64. The molecule has 0 radical (unpaired) electrons. The summed E-state index contributed by atoms with van der Waals surface area (Å²) in [6, 6.07) is 1.39. The number of rotatable bonds is 8. The van der Waals surface area contributed by atoms with E-state index in [0.29, 0.717) is 0 Å². The van der Waals surface area contributed by atoms with Gasteiger partial charge in [0, 0.05) is 8.07 Å². The van der Waals surface area contributed by atoms with Gasteiger partial charge in [-0.15, -0.1) is 0 Å². The standard InChI is InChI=1S/C14H28Si/c1-6-8-9-10-11-14(7-2)12-13-15(3,4)5/h7,11H,2,6,8-10,12-13H2,1,3-5H3/b14-11+. The van der Waals surface area contributed by atoms with Gasteiger partial charge in [-0.1, -0.05) is 69.8 Å². The van der Waals surface area contributed by atoms with Gasteiger partial charge >= 0.3 is 0 Å². The Kier molecular flexibility index (Phi) is 7.76. The molecule has 0 N–H and O–H groups in total. The van der Waals surface area contributed by atoms with E-state index < -0.39 is 8.07 Å². The summed E-state index contributed by atoms with van der Waals surface area (Å²) in [5.41, 5.74) is 1.47. The van der Waals surface area contributed by atoms with Gasteiger partial charge in [-0.2, -0.15) is 0 Å². The molecule has 88 valence electrons. The largest absolute Gasteiger partial charge is 0.0988 e. The Hall–Kier alpha value is -0.303. The maximum absolute atomic E-state index is 3.91. The summed E-state index contributed by atoms with van der Waals surface area (Å²) in [5.74, 6) is 0. The molecule has 0 saturated carbocycles. The predicted octanol–water partition coefficient (Wildman–Crippen LogP) is 5.41. The number of hydrogen-bond acceptors (Lipinski definition) is 0. The Labute approximate surface area is 97.5 Å². The van der Waals surface area contributed by atoms with Crippen molar-refractivity contribution in [2.24, 2.45) is 0 Å². The lowest BCUT2D eigenvalue weighted by Gasteiger charge is -2.15. The minimum Gasteiger partial charge on any atom is -0.0988 e. The van der Waals surface area contributed by atoms with E-state index >= 15 is 0 Å². The van der Waals surface area contributed by atoms with Crippen LogP contribution in [-0.2, 0) is 0 Å².